The molecule has 0 heterocycles. The van der Waals surface area contributed by atoms with E-state index in [1.54, 1.807) is 12.1 Å². The second-order valence-corrected chi connectivity index (χ2v) is 5.13. The van der Waals surface area contributed by atoms with E-state index in [0.29, 0.717) is 10.7 Å². The first-order valence-corrected chi connectivity index (χ1v) is 6.93. The summed E-state index contributed by atoms with van der Waals surface area (Å²) in [7, 11) is 0. The van der Waals surface area contributed by atoms with Crippen LogP contribution in [-0.2, 0) is 4.79 Å². The molecule has 0 spiro atoms. The number of carbonyl (C=O) groups is 2. The van der Waals surface area contributed by atoms with E-state index in [9.17, 15) is 14.0 Å². The summed E-state index contributed by atoms with van der Waals surface area (Å²) in [6, 6.07) is 10.3. The maximum absolute atomic E-state index is 12.8. The Balaban J connectivity index is 1.89. The molecule has 2 rings (SSSR count). The van der Waals surface area contributed by atoms with Gasteiger partial charge >= 0.3 is 0 Å². The summed E-state index contributed by atoms with van der Waals surface area (Å²) in [5, 5.41) is 5.49. The van der Waals surface area contributed by atoms with Gasteiger partial charge in [0.25, 0.3) is 5.91 Å². The topological polar surface area (TPSA) is 58.2 Å². The van der Waals surface area contributed by atoms with E-state index < -0.39 is 17.6 Å². The average Bonchev–Trinajstić information content (AvgIpc) is 2.48. The molecule has 0 unspecified atom stereocenters. The van der Waals surface area contributed by atoms with Gasteiger partial charge in [0.05, 0.1) is 17.3 Å². The fourth-order valence-electron chi connectivity index (χ4n) is 1.78. The monoisotopic (exact) mass is 320 g/mol. The van der Waals surface area contributed by atoms with Crippen molar-refractivity contribution in [2.45, 2.75) is 6.92 Å². The third kappa shape index (κ3) is 4.30. The van der Waals surface area contributed by atoms with Crippen molar-refractivity contribution in [1.82, 2.24) is 5.32 Å². The second kappa shape index (κ2) is 7.04. The Kier molecular flexibility index (Phi) is 5.12. The first-order valence-electron chi connectivity index (χ1n) is 6.55. The van der Waals surface area contributed by atoms with Gasteiger partial charge in [-0.3, -0.25) is 9.59 Å². The molecule has 6 heteroatoms. The molecule has 0 saturated heterocycles. The summed E-state index contributed by atoms with van der Waals surface area (Å²) in [6.07, 6.45) is 0. The molecule has 0 aliphatic carbocycles. The second-order valence-electron chi connectivity index (χ2n) is 4.72. The average molecular weight is 321 g/mol. The van der Waals surface area contributed by atoms with Gasteiger partial charge in [-0.05, 0) is 48.9 Å². The van der Waals surface area contributed by atoms with E-state index in [1.165, 1.54) is 24.3 Å². The zero-order chi connectivity index (χ0) is 16.1. The van der Waals surface area contributed by atoms with E-state index in [4.69, 9.17) is 11.6 Å². The smallest absolute Gasteiger partial charge is 0.251 e. The van der Waals surface area contributed by atoms with Crippen LogP contribution in [-0.4, -0.2) is 18.4 Å². The van der Waals surface area contributed by atoms with Crippen molar-refractivity contribution < 1.29 is 14.0 Å². The number of benzene rings is 2. The lowest BCUT2D eigenvalue weighted by atomic mass is 10.2. The van der Waals surface area contributed by atoms with Crippen LogP contribution in [0.2, 0.25) is 5.02 Å². The van der Waals surface area contributed by atoms with Crippen molar-refractivity contribution >= 4 is 29.1 Å². The van der Waals surface area contributed by atoms with Crippen molar-refractivity contribution in [3.8, 4) is 0 Å². The highest BCUT2D eigenvalue weighted by atomic mass is 35.5. The molecule has 0 radical (unpaired) electrons. The Labute approximate surface area is 132 Å². The molecular formula is C16H14ClFN2O2. The predicted octanol–water partition coefficient (Wildman–Crippen LogP) is 3.16. The Morgan fingerprint density at radius 2 is 1.82 bits per heavy atom. The molecule has 2 N–H and O–H groups in total. The van der Waals surface area contributed by atoms with E-state index in [-0.39, 0.29) is 12.1 Å². The highest BCUT2D eigenvalue weighted by Crippen LogP contribution is 2.22. The number of rotatable bonds is 4. The number of anilines is 1. The van der Waals surface area contributed by atoms with Gasteiger partial charge in [0.2, 0.25) is 5.91 Å². The molecule has 2 amide bonds. The molecule has 0 aromatic heterocycles. The summed E-state index contributed by atoms with van der Waals surface area (Å²) < 4.78 is 12.8. The van der Waals surface area contributed by atoms with Crippen molar-refractivity contribution in [1.29, 1.82) is 0 Å². The normalized spacial score (nSPS) is 10.1. The predicted molar refractivity (Wildman–Crippen MR) is 83.6 cm³/mol. The zero-order valence-corrected chi connectivity index (χ0v) is 12.6. The molecule has 2 aromatic carbocycles. The highest BCUT2D eigenvalue weighted by molar-refractivity contribution is 6.33. The van der Waals surface area contributed by atoms with Gasteiger partial charge in [-0.15, -0.1) is 0 Å². The largest absolute Gasteiger partial charge is 0.343 e. The fourth-order valence-corrected chi connectivity index (χ4v) is 2.06. The fraction of sp³-hybridized carbons (Fsp3) is 0.125. The van der Waals surface area contributed by atoms with Crippen molar-refractivity contribution in [3.63, 3.8) is 0 Å². The number of nitrogens with one attached hydrogen (secondary N) is 2. The number of amides is 2. The molecule has 2 aromatic rings. The number of halogens is 2. The lowest BCUT2D eigenvalue weighted by molar-refractivity contribution is -0.115. The maximum atomic E-state index is 12.8. The van der Waals surface area contributed by atoms with Gasteiger partial charge in [0, 0.05) is 5.56 Å². The van der Waals surface area contributed by atoms with Crippen LogP contribution in [0.1, 0.15) is 15.9 Å². The third-order valence-corrected chi connectivity index (χ3v) is 3.23. The SMILES string of the molecule is Cc1ccc(NC(=O)CNC(=O)c2ccc(F)cc2)c(Cl)c1. The maximum Gasteiger partial charge on any atom is 0.251 e. The first kappa shape index (κ1) is 16.0. The zero-order valence-electron chi connectivity index (χ0n) is 11.8. The minimum atomic E-state index is -0.454. The van der Waals surface area contributed by atoms with Gasteiger partial charge in [-0.2, -0.15) is 0 Å². The lowest BCUT2D eigenvalue weighted by Crippen LogP contribution is -2.32. The van der Waals surface area contributed by atoms with E-state index in [2.05, 4.69) is 10.6 Å². The molecule has 0 saturated carbocycles. The van der Waals surface area contributed by atoms with Crippen LogP contribution < -0.4 is 10.6 Å². The molecule has 0 bridgehead atoms. The van der Waals surface area contributed by atoms with Gasteiger partial charge in [-0.1, -0.05) is 17.7 Å². The van der Waals surface area contributed by atoms with Crippen LogP contribution in [0.25, 0.3) is 0 Å². The first-order chi connectivity index (χ1) is 10.5. The van der Waals surface area contributed by atoms with E-state index in [1.807, 2.05) is 13.0 Å². The van der Waals surface area contributed by atoms with Crippen LogP contribution in [0.5, 0.6) is 0 Å². The Morgan fingerprint density at radius 1 is 1.14 bits per heavy atom. The van der Waals surface area contributed by atoms with Gasteiger partial charge in [0.1, 0.15) is 5.82 Å². The molecule has 0 fully saturated rings. The van der Waals surface area contributed by atoms with Crippen LogP contribution in [0.4, 0.5) is 10.1 Å². The standard InChI is InChI=1S/C16H14ClFN2O2/c1-10-2-7-14(13(17)8-10)20-15(21)9-19-16(22)11-3-5-12(18)6-4-11/h2-8H,9H2,1H3,(H,19,22)(H,20,21). The quantitative estimate of drug-likeness (QED) is 0.909. The molecule has 0 aliphatic heterocycles. The Bertz CT molecular complexity index is 702. The molecule has 22 heavy (non-hydrogen) atoms. The summed E-state index contributed by atoms with van der Waals surface area (Å²) in [6.45, 7) is 1.68. The summed E-state index contributed by atoms with van der Waals surface area (Å²) in [5.74, 6) is -1.28. The summed E-state index contributed by atoms with van der Waals surface area (Å²) in [4.78, 5) is 23.6. The molecule has 4 nitrogen and oxygen atoms in total. The molecular weight excluding hydrogens is 307 g/mol. The van der Waals surface area contributed by atoms with Crippen molar-refractivity contribution in [2.24, 2.45) is 0 Å². The lowest BCUT2D eigenvalue weighted by Gasteiger charge is -2.09. The summed E-state index contributed by atoms with van der Waals surface area (Å²) >= 11 is 6.01. The van der Waals surface area contributed by atoms with Gasteiger partial charge in [0.15, 0.2) is 0 Å². The Morgan fingerprint density at radius 3 is 2.45 bits per heavy atom. The molecule has 114 valence electrons. The Hall–Kier alpha value is -2.40. The van der Waals surface area contributed by atoms with Gasteiger partial charge in [-0.25, -0.2) is 4.39 Å². The van der Waals surface area contributed by atoms with Crippen LogP contribution >= 0.6 is 11.6 Å². The molecule has 0 atom stereocenters. The number of aryl methyl sites for hydroxylation is 1. The van der Waals surface area contributed by atoms with E-state index >= 15 is 0 Å². The number of carbonyl (C=O) groups excluding carboxylic acids is 2. The van der Waals surface area contributed by atoms with Crippen molar-refractivity contribution in [3.05, 3.63) is 64.4 Å². The van der Waals surface area contributed by atoms with Crippen LogP contribution in [0, 0.1) is 12.7 Å². The molecule has 0 aliphatic rings. The van der Waals surface area contributed by atoms with Crippen LogP contribution in [0.15, 0.2) is 42.5 Å². The number of hydrogen-bond acceptors (Lipinski definition) is 2. The third-order valence-electron chi connectivity index (χ3n) is 2.91. The van der Waals surface area contributed by atoms with Crippen LogP contribution in [0.3, 0.4) is 0 Å². The highest BCUT2D eigenvalue weighted by Gasteiger charge is 2.09. The van der Waals surface area contributed by atoms with E-state index in [0.717, 1.165) is 5.56 Å². The summed E-state index contributed by atoms with van der Waals surface area (Å²) in [5.41, 5.74) is 1.74. The van der Waals surface area contributed by atoms with Crippen molar-refractivity contribution in [2.75, 3.05) is 11.9 Å². The van der Waals surface area contributed by atoms with Gasteiger partial charge < -0.3 is 10.6 Å². The minimum absolute atomic E-state index is 0.208. The number of hydrogen-bond donors (Lipinski definition) is 2. The minimum Gasteiger partial charge on any atom is -0.343 e.